The quantitative estimate of drug-likeness (QED) is 0.528. The molecule has 0 unspecified atom stereocenters. The van der Waals surface area contributed by atoms with Crippen molar-refractivity contribution in [3.63, 3.8) is 0 Å². The second kappa shape index (κ2) is 4.57. The highest BCUT2D eigenvalue weighted by molar-refractivity contribution is 6.60. The number of aliphatic hydroxyl groups is 1. The summed E-state index contributed by atoms with van der Waals surface area (Å²) in [7, 11) is -1.07. The minimum atomic E-state index is -1.07. The van der Waals surface area contributed by atoms with Crippen molar-refractivity contribution in [3.8, 4) is 11.1 Å². The van der Waals surface area contributed by atoms with Gasteiger partial charge < -0.3 is 14.8 Å². The second-order valence-corrected chi connectivity index (χ2v) is 4.36. The Labute approximate surface area is 106 Å². The molecule has 0 radical (unpaired) electrons. The van der Waals surface area contributed by atoms with Gasteiger partial charge in [0.1, 0.15) is 6.79 Å². The van der Waals surface area contributed by atoms with Gasteiger partial charge in [-0.05, 0) is 34.1 Å². The minimum Gasteiger partial charge on any atom is -0.423 e. The van der Waals surface area contributed by atoms with Gasteiger partial charge in [0.25, 0.3) is 0 Å². The molecule has 0 bridgehead atoms. The topological polar surface area (TPSA) is 49.7 Å². The van der Waals surface area contributed by atoms with Gasteiger partial charge in [-0.3, -0.25) is 0 Å². The molecule has 2 N–H and O–H groups in total. The van der Waals surface area contributed by atoms with Crippen LogP contribution in [-0.2, 0) is 11.1 Å². The molecule has 3 rings (SSSR count). The van der Waals surface area contributed by atoms with Crippen molar-refractivity contribution in [2.75, 3.05) is 6.79 Å². The fraction of sp³-hybridized carbons (Fsp3) is 0.143. The van der Waals surface area contributed by atoms with E-state index in [0.29, 0.717) is 0 Å². The van der Waals surface area contributed by atoms with Crippen LogP contribution in [-0.4, -0.2) is 24.0 Å². The van der Waals surface area contributed by atoms with E-state index in [1.54, 1.807) is 0 Å². The zero-order chi connectivity index (χ0) is 12.5. The monoisotopic (exact) mass is 240 g/mol. The molecule has 1 aliphatic rings. The third-order valence-electron chi connectivity index (χ3n) is 3.39. The molecule has 18 heavy (non-hydrogen) atoms. The van der Waals surface area contributed by atoms with Gasteiger partial charge in [-0.1, -0.05) is 42.5 Å². The number of benzene rings is 2. The first-order chi connectivity index (χ1) is 8.81. The predicted molar refractivity (Wildman–Crippen MR) is 70.5 cm³/mol. The highest BCUT2D eigenvalue weighted by atomic mass is 16.6. The summed E-state index contributed by atoms with van der Waals surface area (Å²) in [6, 6.07) is 14.0. The van der Waals surface area contributed by atoms with Crippen molar-refractivity contribution >= 4 is 12.6 Å². The van der Waals surface area contributed by atoms with E-state index >= 15 is 0 Å². The van der Waals surface area contributed by atoms with Gasteiger partial charge in [0, 0.05) is 0 Å². The summed E-state index contributed by atoms with van der Waals surface area (Å²) in [6.07, 6.45) is 0.799. The Morgan fingerprint density at radius 1 is 1.06 bits per heavy atom. The molecule has 0 saturated carbocycles. The first kappa shape index (κ1) is 11.5. The number of aliphatic hydroxyl groups excluding tert-OH is 1. The fourth-order valence-corrected chi connectivity index (χ4v) is 2.57. The lowest BCUT2D eigenvalue weighted by atomic mass is 9.75. The van der Waals surface area contributed by atoms with Crippen LogP contribution in [0.15, 0.2) is 42.5 Å². The van der Waals surface area contributed by atoms with E-state index in [1.807, 2.05) is 24.3 Å². The van der Waals surface area contributed by atoms with E-state index in [9.17, 15) is 5.02 Å². The highest BCUT2D eigenvalue weighted by Crippen LogP contribution is 2.35. The summed E-state index contributed by atoms with van der Waals surface area (Å²) in [5.41, 5.74) is 5.43. The van der Waals surface area contributed by atoms with Crippen LogP contribution in [0.25, 0.3) is 11.1 Å². The third kappa shape index (κ3) is 1.75. The van der Waals surface area contributed by atoms with Crippen molar-refractivity contribution in [1.82, 2.24) is 0 Å². The molecule has 0 saturated heterocycles. The third-order valence-corrected chi connectivity index (χ3v) is 3.39. The Hall–Kier alpha value is -1.62. The van der Waals surface area contributed by atoms with Crippen molar-refractivity contribution < 1.29 is 14.8 Å². The van der Waals surface area contributed by atoms with Crippen molar-refractivity contribution in [1.29, 1.82) is 0 Å². The first-order valence-corrected chi connectivity index (χ1v) is 5.92. The SMILES string of the molecule is OCOB(O)c1cccc2c1Cc1ccccc1-2. The summed E-state index contributed by atoms with van der Waals surface area (Å²) in [4.78, 5) is 0. The highest BCUT2D eigenvalue weighted by Gasteiger charge is 2.26. The zero-order valence-electron chi connectivity index (χ0n) is 9.84. The molecule has 2 aromatic carbocycles. The summed E-state index contributed by atoms with van der Waals surface area (Å²) in [6.45, 7) is -0.488. The molecule has 1 aliphatic carbocycles. The zero-order valence-corrected chi connectivity index (χ0v) is 9.84. The Morgan fingerprint density at radius 3 is 2.67 bits per heavy atom. The maximum atomic E-state index is 9.88. The summed E-state index contributed by atoms with van der Waals surface area (Å²) >= 11 is 0. The van der Waals surface area contributed by atoms with E-state index in [1.165, 1.54) is 11.1 Å². The van der Waals surface area contributed by atoms with Crippen LogP contribution in [0.4, 0.5) is 0 Å². The summed E-state index contributed by atoms with van der Waals surface area (Å²) in [5.74, 6) is 0. The summed E-state index contributed by atoms with van der Waals surface area (Å²) < 4.78 is 4.86. The van der Waals surface area contributed by atoms with E-state index < -0.39 is 13.9 Å². The number of fused-ring (bicyclic) bond motifs is 3. The normalized spacial score (nSPS) is 12.1. The molecular weight excluding hydrogens is 227 g/mol. The van der Waals surface area contributed by atoms with Crippen molar-refractivity contribution in [2.24, 2.45) is 0 Å². The molecule has 90 valence electrons. The molecule has 0 fully saturated rings. The maximum Gasteiger partial charge on any atom is 0.493 e. The summed E-state index contributed by atoms with van der Waals surface area (Å²) in [5, 5.41) is 18.6. The van der Waals surface area contributed by atoms with Crippen molar-refractivity contribution in [2.45, 2.75) is 6.42 Å². The van der Waals surface area contributed by atoms with Crippen LogP contribution < -0.4 is 5.46 Å². The van der Waals surface area contributed by atoms with Gasteiger partial charge >= 0.3 is 7.12 Å². The van der Waals surface area contributed by atoms with Gasteiger partial charge in [-0.15, -0.1) is 0 Å². The van der Waals surface area contributed by atoms with Crippen LogP contribution in [0.1, 0.15) is 11.1 Å². The van der Waals surface area contributed by atoms with E-state index in [4.69, 9.17) is 9.76 Å². The number of hydrogen-bond donors (Lipinski definition) is 2. The Balaban J connectivity index is 2.08. The average Bonchev–Trinajstić information content (AvgIpc) is 2.77. The van der Waals surface area contributed by atoms with Crippen LogP contribution in [0, 0.1) is 0 Å². The lowest BCUT2D eigenvalue weighted by molar-refractivity contribution is 0.0828. The van der Waals surface area contributed by atoms with Crippen LogP contribution in [0.5, 0.6) is 0 Å². The molecular formula is C14H13BO3. The Kier molecular flexibility index (Phi) is 2.92. The van der Waals surface area contributed by atoms with E-state index in [-0.39, 0.29) is 0 Å². The maximum absolute atomic E-state index is 9.88. The molecule has 2 aromatic rings. The van der Waals surface area contributed by atoms with Crippen LogP contribution in [0.3, 0.4) is 0 Å². The van der Waals surface area contributed by atoms with Gasteiger partial charge in [0.2, 0.25) is 0 Å². The Bertz CT molecular complexity index is 583. The number of hydrogen-bond acceptors (Lipinski definition) is 3. The molecule has 0 aromatic heterocycles. The molecule has 0 atom stereocenters. The molecule has 0 heterocycles. The fourth-order valence-electron chi connectivity index (χ4n) is 2.57. The average molecular weight is 240 g/mol. The molecule has 0 amide bonds. The van der Waals surface area contributed by atoms with E-state index in [2.05, 4.69) is 18.2 Å². The molecule has 3 nitrogen and oxygen atoms in total. The van der Waals surface area contributed by atoms with Crippen LogP contribution in [0.2, 0.25) is 0 Å². The van der Waals surface area contributed by atoms with Gasteiger partial charge in [0.15, 0.2) is 0 Å². The largest absolute Gasteiger partial charge is 0.493 e. The lowest BCUT2D eigenvalue weighted by Gasteiger charge is -2.10. The predicted octanol–water partition coefficient (Wildman–Crippen LogP) is 0.912. The first-order valence-electron chi connectivity index (χ1n) is 5.92. The smallest absolute Gasteiger partial charge is 0.423 e. The van der Waals surface area contributed by atoms with Gasteiger partial charge in [-0.2, -0.15) is 0 Å². The second-order valence-electron chi connectivity index (χ2n) is 4.36. The number of rotatable bonds is 3. The van der Waals surface area contributed by atoms with Crippen LogP contribution >= 0.6 is 0 Å². The molecule has 0 aliphatic heterocycles. The van der Waals surface area contributed by atoms with Crippen molar-refractivity contribution in [3.05, 3.63) is 53.6 Å². The van der Waals surface area contributed by atoms with Gasteiger partial charge in [-0.25, -0.2) is 0 Å². The van der Waals surface area contributed by atoms with Gasteiger partial charge in [0.05, 0.1) is 0 Å². The van der Waals surface area contributed by atoms with E-state index in [0.717, 1.165) is 23.0 Å². The minimum absolute atomic E-state index is 0.488. The molecule has 4 heteroatoms. The standard InChI is InChI=1S/C14H13BO3/c16-9-18-15(17)14-7-3-6-12-11-5-2-1-4-10(11)8-13(12)14/h1-7,16-17H,8-9H2. The Morgan fingerprint density at radius 2 is 1.83 bits per heavy atom. The lowest BCUT2D eigenvalue weighted by Crippen LogP contribution is -2.36. The molecule has 0 spiro atoms.